The Bertz CT molecular complexity index is 1500. The first-order valence-corrected chi connectivity index (χ1v) is 11.0. The molecule has 0 saturated carbocycles. The molecule has 172 valence electrons. The molecular formula is C28H22N4O3. The SMILES string of the molecule is COc1ccc(-c2cc(C(=O)Nc3ccc(Oc4ncccn4)cc3C)c3ccccc3n2)cc1. The molecule has 0 unspecified atom stereocenters. The number of hydrogen-bond acceptors (Lipinski definition) is 6. The summed E-state index contributed by atoms with van der Waals surface area (Å²) in [5.74, 6) is 1.12. The number of carbonyl (C=O) groups is 1. The van der Waals surface area contributed by atoms with Crippen molar-refractivity contribution in [1.29, 1.82) is 0 Å². The lowest BCUT2D eigenvalue weighted by molar-refractivity contribution is 0.102. The molecule has 5 aromatic rings. The molecule has 0 aliphatic carbocycles. The Balaban J connectivity index is 1.45. The van der Waals surface area contributed by atoms with Crippen molar-refractivity contribution in [3.05, 3.63) is 102 Å². The highest BCUT2D eigenvalue weighted by molar-refractivity contribution is 6.13. The number of rotatable bonds is 6. The van der Waals surface area contributed by atoms with E-state index >= 15 is 0 Å². The van der Waals surface area contributed by atoms with Crippen molar-refractivity contribution in [2.75, 3.05) is 12.4 Å². The van der Waals surface area contributed by atoms with Gasteiger partial charge in [0.15, 0.2) is 0 Å². The highest BCUT2D eigenvalue weighted by Gasteiger charge is 2.15. The van der Waals surface area contributed by atoms with Crippen LogP contribution in [0.1, 0.15) is 15.9 Å². The summed E-state index contributed by atoms with van der Waals surface area (Å²) in [5.41, 5.74) is 4.42. The third kappa shape index (κ3) is 4.79. The van der Waals surface area contributed by atoms with Crippen LogP contribution in [0.3, 0.4) is 0 Å². The highest BCUT2D eigenvalue weighted by Crippen LogP contribution is 2.28. The standard InChI is InChI=1S/C28H22N4O3/c1-18-16-21(35-28-29-14-5-15-30-28)12-13-24(18)32-27(33)23-17-26(19-8-10-20(34-2)11-9-19)31-25-7-4-3-6-22(23)25/h3-17H,1-2H3,(H,32,33). The molecule has 0 aliphatic heterocycles. The zero-order valence-electron chi connectivity index (χ0n) is 19.2. The number of aromatic nitrogens is 3. The summed E-state index contributed by atoms with van der Waals surface area (Å²) in [6.07, 6.45) is 3.23. The Morgan fingerprint density at radius 2 is 1.60 bits per heavy atom. The molecule has 1 amide bonds. The van der Waals surface area contributed by atoms with Crippen molar-refractivity contribution in [3.63, 3.8) is 0 Å². The van der Waals surface area contributed by atoms with Crippen LogP contribution in [-0.2, 0) is 0 Å². The summed E-state index contributed by atoms with van der Waals surface area (Å²) in [4.78, 5) is 26.3. The number of ether oxygens (including phenoxy) is 2. The third-order valence-corrected chi connectivity index (χ3v) is 5.54. The molecule has 35 heavy (non-hydrogen) atoms. The normalized spacial score (nSPS) is 10.7. The van der Waals surface area contributed by atoms with Crippen molar-refractivity contribution in [2.24, 2.45) is 0 Å². The highest BCUT2D eigenvalue weighted by atomic mass is 16.5. The fourth-order valence-corrected chi connectivity index (χ4v) is 3.75. The number of fused-ring (bicyclic) bond motifs is 1. The number of carbonyl (C=O) groups excluding carboxylic acids is 1. The van der Waals surface area contributed by atoms with Crippen LogP contribution in [0.4, 0.5) is 5.69 Å². The molecule has 0 bridgehead atoms. The zero-order valence-corrected chi connectivity index (χ0v) is 19.2. The van der Waals surface area contributed by atoms with Crippen molar-refractivity contribution < 1.29 is 14.3 Å². The van der Waals surface area contributed by atoms with Crippen molar-refractivity contribution in [2.45, 2.75) is 6.92 Å². The fraction of sp³-hybridized carbons (Fsp3) is 0.0714. The van der Waals surface area contributed by atoms with Crippen LogP contribution >= 0.6 is 0 Å². The monoisotopic (exact) mass is 462 g/mol. The average molecular weight is 463 g/mol. The summed E-state index contributed by atoms with van der Waals surface area (Å²) >= 11 is 0. The molecule has 0 spiro atoms. The van der Waals surface area contributed by atoms with Gasteiger partial charge in [-0.1, -0.05) is 18.2 Å². The minimum atomic E-state index is -0.221. The van der Waals surface area contributed by atoms with E-state index in [9.17, 15) is 4.79 Å². The molecule has 5 rings (SSSR count). The Hall–Kier alpha value is -4.78. The first-order valence-electron chi connectivity index (χ1n) is 11.0. The Morgan fingerprint density at radius 1 is 0.857 bits per heavy atom. The number of amides is 1. The number of para-hydroxylation sites is 1. The summed E-state index contributed by atoms with van der Waals surface area (Å²) in [5, 5.41) is 3.81. The second-order valence-electron chi connectivity index (χ2n) is 7.86. The van der Waals surface area contributed by atoms with Crippen molar-refractivity contribution in [3.8, 4) is 28.8 Å². The summed E-state index contributed by atoms with van der Waals surface area (Å²) in [6.45, 7) is 1.90. The molecule has 2 heterocycles. The van der Waals surface area contributed by atoms with Crippen molar-refractivity contribution in [1.82, 2.24) is 15.0 Å². The van der Waals surface area contributed by atoms with Gasteiger partial charge >= 0.3 is 6.01 Å². The quantitative estimate of drug-likeness (QED) is 0.330. The number of pyridine rings is 1. The van der Waals surface area contributed by atoms with Crippen LogP contribution in [0.5, 0.6) is 17.5 Å². The summed E-state index contributed by atoms with van der Waals surface area (Å²) in [7, 11) is 1.63. The van der Waals surface area contributed by atoms with E-state index in [1.807, 2.05) is 67.6 Å². The number of methoxy groups -OCH3 is 1. The first-order chi connectivity index (χ1) is 17.1. The number of hydrogen-bond donors (Lipinski definition) is 1. The van der Waals surface area contributed by atoms with Crippen LogP contribution < -0.4 is 14.8 Å². The maximum Gasteiger partial charge on any atom is 0.321 e. The molecule has 3 aromatic carbocycles. The molecular weight excluding hydrogens is 440 g/mol. The predicted molar refractivity (Wildman–Crippen MR) is 135 cm³/mol. The second-order valence-corrected chi connectivity index (χ2v) is 7.86. The predicted octanol–water partition coefficient (Wildman–Crippen LogP) is 6.05. The van der Waals surface area contributed by atoms with Gasteiger partial charge in [-0.25, -0.2) is 15.0 Å². The zero-order chi connectivity index (χ0) is 24.2. The fourth-order valence-electron chi connectivity index (χ4n) is 3.75. The van der Waals surface area contributed by atoms with E-state index in [4.69, 9.17) is 14.5 Å². The Morgan fingerprint density at radius 3 is 2.34 bits per heavy atom. The Kier molecular flexibility index (Phi) is 6.05. The lowest BCUT2D eigenvalue weighted by Gasteiger charge is -2.13. The van der Waals surface area contributed by atoms with Gasteiger partial charge in [0.1, 0.15) is 11.5 Å². The van der Waals surface area contributed by atoms with Gasteiger partial charge in [0.25, 0.3) is 5.91 Å². The molecule has 2 aromatic heterocycles. The summed E-state index contributed by atoms with van der Waals surface area (Å²) in [6, 6.07) is 24.4. The van der Waals surface area contributed by atoms with E-state index in [1.54, 1.807) is 37.7 Å². The van der Waals surface area contributed by atoms with Gasteiger partial charge in [-0.2, -0.15) is 0 Å². The molecule has 0 aliphatic rings. The lowest BCUT2D eigenvalue weighted by atomic mass is 10.0. The van der Waals surface area contributed by atoms with E-state index in [1.165, 1.54) is 0 Å². The number of anilines is 1. The second kappa shape index (κ2) is 9.61. The van der Waals surface area contributed by atoms with Gasteiger partial charge in [0.05, 0.1) is 23.9 Å². The van der Waals surface area contributed by atoms with Gasteiger partial charge < -0.3 is 14.8 Å². The van der Waals surface area contributed by atoms with E-state index in [0.29, 0.717) is 22.7 Å². The average Bonchev–Trinajstić information content (AvgIpc) is 2.90. The number of aryl methyl sites for hydroxylation is 1. The smallest absolute Gasteiger partial charge is 0.321 e. The van der Waals surface area contributed by atoms with E-state index in [2.05, 4.69) is 15.3 Å². The largest absolute Gasteiger partial charge is 0.497 e. The maximum atomic E-state index is 13.4. The topological polar surface area (TPSA) is 86.2 Å². The van der Waals surface area contributed by atoms with E-state index in [-0.39, 0.29) is 11.9 Å². The number of nitrogens with one attached hydrogen (secondary N) is 1. The van der Waals surface area contributed by atoms with Gasteiger partial charge in [-0.05, 0) is 73.2 Å². The van der Waals surface area contributed by atoms with E-state index < -0.39 is 0 Å². The van der Waals surface area contributed by atoms with Crippen LogP contribution in [-0.4, -0.2) is 28.0 Å². The van der Waals surface area contributed by atoms with Crippen LogP contribution in [0.2, 0.25) is 0 Å². The minimum absolute atomic E-state index is 0.221. The van der Waals surface area contributed by atoms with Gasteiger partial charge in [-0.15, -0.1) is 0 Å². The van der Waals surface area contributed by atoms with Gasteiger partial charge in [-0.3, -0.25) is 4.79 Å². The molecule has 0 atom stereocenters. The lowest BCUT2D eigenvalue weighted by Crippen LogP contribution is -2.14. The van der Waals surface area contributed by atoms with Crippen LogP contribution in [0.25, 0.3) is 22.2 Å². The number of benzene rings is 3. The number of nitrogens with zero attached hydrogens (tertiary/aromatic N) is 3. The minimum Gasteiger partial charge on any atom is -0.497 e. The van der Waals surface area contributed by atoms with Gasteiger partial charge in [0, 0.05) is 29.0 Å². The van der Waals surface area contributed by atoms with E-state index in [0.717, 1.165) is 27.8 Å². The van der Waals surface area contributed by atoms with Crippen molar-refractivity contribution >= 4 is 22.5 Å². The maximum absolute atomic E-state index is 13.4. The third-order valence-electron chi connectivity index (χ3n) is 5.54. The first kappa shape index (κ1) is 22.0. The van der Waals surface area contributed by atoms with Crippen LogP contribution in [0.15, 0.2) is 91.3 Å². The molecule has 0 saturated heterocycles. The molecule has 0 radical (unpaired) electrons. The molecule has 0 fully saturated rings. The summed E-state index contributed by atoms with van der Waals surface area (Å²) < 4.78 is 10.9. The molecule has 7 nitrogen and oxygen atoms in total. The van der Waals surface area contributed by atoms with Crippen LogP contribution in [0, 0.1) is 6.92 Å². The van der Waals surface area contributed by atoms with Gasteiger partial charge in [0.2, 0.25) is 0 Å². The molecule has 7 heteroatoms. The Labute approximate surface area is 202 Å². The molecule has 1 N–H and O–H groups in total.